The van der Waals surface area contributed by atoms with E-state index in [1.165, 1.54) is 0 Å². The first-order valence-electron chi connectivity index (χ1n) is 6.67. The lowest BCUT2D eigenvalue weighted by atomic mass is 10.2. The van der Waals surface area contributed by atoms with Gasteiger partial charge in [0.05, 0.1) is 35.2 Å². The summed E-state index contributed by atoms with van der Waals surface area (Å²) in [5.41, 5.74) is 7.38. The topological polar surface area (TPSA) is 61.5 Å². The summed E-state index contributed by atoms with van der Waals surface area (Å²) in [6, 6.07) is 12.8. The molecule has 0 aliphatic heterocycles. The van der Waals surface area contributed by atoms with Crippen molar-refractivity contribution in [2.45, 2.75) is 17.6 Å². The molecule has 2 aromatic carbocycles. The van der Waals surface area contributed by atoms with E-state index in [1.54, 1.807) is 25.3 Å². The van der Waals surface area contributed by atoms with E-state index in [2.05, 4.69) is 0 Å². The fourth-order valence-corrected chi connectivity index (χ4v) is 3.18. The smallest absolute Gasteiger partial charge is 0.120 e. The van der Waals surface area contributed by atoms with Crippen molar-refractivity contribution >= 4 is 16.5 Å². The number of rotatable bonds is 6. The average molecular weight is 305 g/mol. The van der Waals surface area contributed by atoms with Gasteiger partial charge in [0.15, 0.2) is 0 Å². The first-order valence-corrected chi connectivity index (χ1v) is 7.99. The second-order valence-electron chi connectivity index (χ2n) is 4.47. The van der Waals surface area contributed by atoms with Gasteiger partial charge in [-0.15, -0.1) is 0 Å². The quantitative estimate of drug-likeness (QED) is 0.833. The van der Waals surface area contributed by atoms with Crippen LogP contribution in [0.4, 0.5) is 5.69 Å². The summed E-state index contributed by atoms with van der Waals surface area (Å²) in [4.78, 5) is 0.601. The Labute approximate surface area is 127 Å². The number of methoxy groups -OCH3 is 1. The zero-order chi connectivity index (χ0) is 15.2. The summed E-state index contributed by atoms with van der Waals surface area (Å²) in [6.07, 6.45) is 0. The fourth-order valence-electron chi connectivity index (χ4n) is 1.96. The molecule has 0 fully saturated rings. The van der Waals surface area contributed by atoms with Crippen LogP contribution in [0, 0.1) is 0 Å². The fraction of sp³-hybridized carbons (Fsp3) is 0.250. The Morgan fingerprint density at radius 1 is 1.14 bits per heavy atom. The van der Waals surface area contributed by atoms with E-state index in [4.69, 9.17) is 15.2 Å². The van der Waals surface area contributed by atoms with Crippen molar-refractivity contribution in [3.63, 3.8) is 0 Å². The van der Waals surface area contributed by atoms with Crippen LogP contribution in [0.1, 0.15) is 12.5 Å². The standard InChI is InChI=1S/C16H19NO3S/c1-3-20-14-7-8-15(17)16(10-14)21(18)11-12-5-4-6-13(9-12)19-2/h4-10H,3,11,17H2,1-2H3. The highest BCUT2D eigenvalue weighted by atomic mass is 32.2. The molecule has 0 heterocycles. The minimum absolute atomic E-state index is 0.386. The molecule has 2 rings (SSSR count). The van der Waals surface area contributed by atoms with E-state index >= 15 is 0 Å². The molecule has 5 heteroatoms. The highest BCUT2D eigenvalue weighted by Crippen LogP contribution is 2.25. The molecule has 0 saturated heterocycles. The van der Waals surface area contributed by atoms with Crippen molar-refractivity contribution in [3.05, 3.63) is 48.0 Å². The van der Waals surface area contributed by atoms with Gasteiger partial charge in [0.25, 0.3) is 0 Å². The Balaban J connectivity index is 2.21. The van der Waals surface area contributed by atoms with Gasteiger partial charge in [-0.25, -0.2) is 0 Å². The molecule has 1 unspecified atom stereocenters. The number of anilines is 1. The van der Waals surface area contributed by atoms with Gasteiger partial charge < -0.3 is 15.2 Å². The van der Waals surface area contributed by atoms with Crippen LogP contribution in [0.5, 0.6) is 11.5 Å². The second-order valence-corrected chi connectivity index (χ2v) is 5.89. The normalized spacial score (nSPS) is 11.9. The maximum Gasteiger partial charge on any atom is 0.120 e. The molecule has 0 amide bonds. The Bertz CT molecular complexity index is 643. The molecule has 0 radical (unpaired) electrons. The zero-order valence-corrected chi connectivity index (χ0v) is 13.0. The molecule has 0 aromatic heterocycles. The number of hydrogen-bond donors (Lipinski definition) is 1. The van der Waals surface area contributed by atoms with Crippen LogP contribution in [0.3, 0.4) is 0 Å². The van der Waals surface area contributed by atoms with E-state index in [0.29, 0.717) is 28.7 Å². The molecular formula is C16H19NO3S. The molecule has 4 nitrogen and oxygen atoms in total. The minimum atomic E-state index is -1.23. The van der Waals surface area contributed by atoms with Crippen molar-refractivity contribution in [2.75, 3.05) is 19.5 Å². The van der Waals surface area contributed by atoms with Gasteiger partial charge in [-0.05, 0) is 42.8 Å². The van der Waals surface area contributed by atoms with Crippen LogP contribution in [-0.4, -0.2) is 17.9 Å². The second kappa shape index (κ2) is 7.13. The molecule has 0 bridgehead atoms. The molecule has 21 heavy (non-hydrogen) atoms. The molecular weight excluding hydrogens is 286 g/mol. The number of hydrogen-bond acceptors (Lipinski definition) is 4. The molecule has 1 atom stereocenters. The Hall–Kier alpha value is -2.01. The van der Waals surface area contributed by atoms with Gasteiger partial charge in [-0.2, -0.15) is 0 Å². The van der Waals surface area contributed by atoms with E-state index in [9.17, 15) is 4.21 Å². The van der Waals surface area contributed by atoms with Crippen molar-refractivity contribution in [3.8, 4) is 11.5 Å². The molecule has 2 N–H and O–H groups in total. The van der Waals surface area contributed by atoms with Gasteiger partial charge in [0.2, 0.25) is 0 Å². The van der Waals surface area contributed by atoms with Gasteiger partial charge in [0.1, 0.15) is 11.5 Å². The number of nitrogen functional groups attached to an aromatic ring is 1. The van der Waals surface area contributed by atoms with Crippen molar-refractivity contribution in [1.29, 1.82) is 0 Å². The number of nitrogens with two attached hydrogens (primary N) is 1. The summed E-state index contributed by atoms with van der Waals surface area (Å²) in [6.45, 7) is 2.47. The first-order chi connectivity index (χ1) is 10.1. The third-order valence-electron chi connectivity index (χ3n) is 2.97. The van der Waals surface area contributed by atoms with E-state index in [1.807, 2.05) is 31.2 Å². The Morgan fingerprint density at radius 3 is 2.67 bits per heavy atom. The monoisotopic (exact) mass is 305 g/mol. The molecule has 0 spiro atoms. The Morgan fingerprint density at radius 2 is 1.95 bits per heavy atom. The van der Waals surface area contributed by atoms with Gasteiger partial charge >= 0.3 is 0 Å². The molecule has 2 aromatic rings. The number of benzene rings is 2. The van der Waals surface area contributed by atoms with E-state index < -0.39 is 10.8 Å². The third-order valence-corrected chi connectivity index (χ3v) is 4.41. The summed E-state index contributed by atoms with van der Waals surface area (Å²) in [5.74, 6) is 1.82. The van der Waals surface area contributed by atoms with Crippen molar-refractivity contribution in [2.24, 2.45) is 0 Å². The molecule has 112 valence electrons. The predicted octanol–water partition coefficient (Wildman–Crippen LogP) is 2.98. The van der Waals surface area contributed by atoms with Gasteiger partial charge in [-0.3, -0.25) is 4.21 Å². The SMILES string of the molecule is CCOc1ccc(N)c(S(=O)Cc2cccc(OC)c2)c1. The highest BCUT2D eigenvalue weighted by molar-refractivity contribution is 7.84. The summed E-state index contributed by atoms with van der Waals surface area (Å²) < 4.78 is 23.1. The number of ether oxygens (including phenoxy) is 2. The van der Waals surface area contributed by atoms with E-state index in [0.717, 1.165) is 11.3 Å². The molecule has 0 aliphatic carbocycles. The van der Waals surface area contributed by atoms with Crippen molar-refractivity contribution < 1.29 is 13.7 Å². The lowest BCUT2D eigenvalue weighted by molar-refractivity contribution is 0.339. The van der Waals surface area contributed by atoms with Gasteiger partial charge in [-0.1, -0.05) is 12.1 Å². The van der Waals surface area contributed by atoms with Crippen LogP contribution in [0.2, 0.25) is 0 Å². The van der Waals surface area contributed by atoms with E-state index in [-0.39, 0.29) is 0 Å². The largest absolute Gasteiger partial charge is 0.497 e. The molecule has 0 aliphatic rings. The minimum Gasteiger partial charge on any atom is -0.497 e. The van der Waals surface area contributed by atoms with Crippen LogP contribution in [0.25, 0.3) is 0 Å². The third kappa shape index (κ3) is 3.98. The summed E-state index contributed by atoms with van der Waals surface area (Å²) in [7, 11) is 0.380. The lowest BCUT2D eigenvalue weighted by Crippen LogP contribution is -2.02. The Kier molecular flexibility index (Phi) is 5.22. The van der Waals surface area contributed by atoms with Crippen LogP contribution < -0.4 is 15.2 Å². The van der Waals surface area contributed by atoms with Gasteiger partial charge in [0, 0.05) is 5.69 Å². The van der Waals surface area contributed by atoms with Crippen LogP contribution in [0.15, 0.2) is 47.4 Å². The molecule has 0 saturated carbocycles. The van der Waals surface area contributed by atoms with Crippen LogP contribution >= 0.6 is 0 Å². The average Bonchev–Trinajstić information content (AvgIpc) is 2.49. The first kappa shape index (κ1) is 15.4. The predicted molar refractivity (Wildman–Crippen MR) is 85.1 cm³/mol. The summed E-state index contributed by atoms with van der Waals surface area (Å²) >= 11 is 0. The van der Waals surface area contributed by atoms with Crippen molar-refractivity contribution in [1.82, 2.24) is 0 Å². The summed E-state index contributed by atoms with van der Waals surface area (Å²) in [5, 5.41) is 0. The van der Waals surface area contributed by atoms with Crippen LogP contribution in [-0.2, 0) is 16.6 Å². The maximum absolute atomic E-state index is 12.5. The highest BCUT2D eigenvalue weighted by Gasteiger charge is 2.11. The zero-order valence-electron chi connectivity index (χ0n) is 12.2. The lowest BCUT2D eigenvalue weighted by Gasteiger charge is -2.10. The maximum atomic E-state index is 12.5.